The van der Waals surface area contributed by atoms with Gasteiger partial charge < -0.3 is 14.8 Å². The molecule has 2 aliphatic heterocycles. The first-order valence-electron chi connectivity index (χ1n) is 9.77. The molecule has 0 radical (unpaired) electrons. The number of hydrogen-bond acceptors (Lipinski definition) is 8. The van der Waals surface area contributed by atoms with E-state index in [-0.39, 0.29) is 16.4 Å². The van der Waals surface area contributed by atoms with Crippen LogP contribution in [0.15, 0.2) is 17.0 Å². The minimum atomic E-state index is -3.82. The summed E-state index contributed by atoms with van der Waals surface area (Å²) >= 11 is 0. The van der Waals surface area contributed by atoms with E-state index in [0.29, 0.717) is 36.6 Å². The number of methoxy groups -OCH3 is 1. The molecule has 2 atom stereocenters. The van der Waals surface area contributed by atoms with E-state index in [1.807, 2.05) is 0 Å². The van der Waals surface area contributed by atoms with Crippen LogP contribution in [0.1, 0.15) is 11.1 Å². The molecule has 164 valence electrons. The maximum atomic E-state index is 13.4. The summed E-state index contributed by atoms with van der Waals surface area (Å²) in [5.74, 6) is 0.101. The van der Waals surface area contributed by atoms with Gasteiger partial charge >= 0.3 is 0 Å². The summed E-state index contributed by atoms with van der Waals surface area (Å²) in [6.45, 7) is 7.78. The van der Waals surface area contributed by atoms with Gasteiger partial charge in [-0.05, 0) is 37.1 Å². The van der Waals surface area contributed by atoms with Crippen LogP contribution in [-0.4, -0.2) is 91.0 Å². The van der Waals surface area contributed by atoms with Gasteiger partial charge in [0.25, 0.3) is 0 Å². The van der Waals surface area contributed by atoms with Crippen LogP contribution in [0, 0.1) is 13.8 Å². The van der Waals surface area contributed by atoms with Gasteiger partial charge in [0.1, 0.15) is 5.75 Å². The van der Waals surface area contributed by atoms with E-state index < -0.39 is 31.0 Å². The van der Waals surface area contributed by atoms with Crippen molar-refractivity contribution in [2.75, 3.05) is 58.0 Å². The monoisotopic (exact) mass is 446 g/mol. The normalized spacial score (nSPS) is 25.2. The average molecular weight is 447 g/mol. The molecule has 0 unspecified atom stereocenters. The lowest BCUT2D eigenvalue weighted by molar-refractivity contribution is 0.0382. The molecule has 10 heteroatoms. The molecule has 1 aromatic rings. The Hall–Kier alpha value is -1.20. The number of rotatable bonds is 7. The first-order chi connectivity index (χ1) is 13.6. The smallest absolute Gasteiger partial charge is 0.184 e. The van der Waals surface area contributed by atoms with E-state index >= 15 is 0 Å². The van der Waals surface area contributed by atoms with Gasteiger partial charge in [-0.1, -0.05) is 0 Å². The highest BCUT2D eigenvalue weighted by atomic mass is 32.2. The molecule has 0 amide bonds. The van der Waals surface area contributed by atoms with Crippen molar-refractivity contribution in [1.82, 2.24) is 10.2 Å². The molecule has 0 aliphatic carbocycles. The minimum absolute atomic E-state index is 0.159. The van der Waals surface area contributed by atoms with E-state index in [2.05, 4.69) is 10.2 Å². The van der Waals surface area contributed by atoms with Crippen LogP contribution in [-0.2, 0) is 24.4 Å². The van der Waals surface area contributed by atoms with Crippen molar-refractivity contribution < 1.29 is 26.3 Å². The number of morpholine rings is 1. The summed E-state index contributed by atoms with van der Waals surface area (Å²) in [6, 6.07) is 2.65. The Balaban J connectivity index is 1.79. The fourth-order valence-electron chi connectivity index (χ4n) is 4.00. The lowest BCUT2D eigenvalue weighted by atomic mass is 10.1. The maximum Gasteiger partial charge on any atom is 0.184 e. The maximum absolute atomic E-state index is 13.4. The van der Waals surface area contributed by atoms with Crippen LogP contribution in [0.4, 0.5) is 0 Å². The second-order valence-corrected chi connectivity index (χ2v) is 12.1. The van der Waals surface area contributed by atoms with Crippen molar-refractivity contribution in [3.05, 3.63) is 23.3 Å². The average Bonchev–Trinajstić information content (AvgIpc) is 2.99. The summed E-state index contributed by atoms with van der Waals surface area (Å²) in [5.41, 5.74) is 1.26. The molecule has 0 spiro atoms. The third kappa shape index (κ3) is 5.11. The molecule has 1 N–H and O–H groups in total. The zero-order valence-corrected chi connectivity index (χ0v) is 18.8. The molecular weight excluding hydrogens is 416 g/mol. The molecule has 2 heterocycles. The summed E-state index contributed by atoms with van der Waals surface area (Å²) in [5, 5.41) is 2.21. The number of ether oxygens (including phenoxy) is 2. The van der Waals surface area contributed by atoms with Crippen LogP contribution in [0.3, 0.4) is 0 Å². The zero-order valence-electron chi connectivity index (χ0n) is 17.2. The highest BCUT2D eigenvalue weighted by Gasteiger charge is 2.46. The first kappa shape index (κ1) is 22.5. The van der Waals surface area contributed by atoms with Gasteiger partial charge in [-0.3, -0.25) is 4.90 Å². The number of hydrogen-bond donors (Lipinski definition) is 1. The van der Waals surface area contributed by atoms with Crippen molar-refractivity contribution in [3.8, 4) is 5.75 Å². The first-order valence-corrected chi connectivity index (χ1v) is 13.1. The van der Waals surface area contributed by atoms with Gasteiger partial charge in [0.2, 0.25) is 0 Å². The topological polar surface area (TPSA) is 102 Å². The molecule has 1 aromatic carbocycles. The lowest BCUT2D eigenvalue weighted by Crippen LogP contribution is -2.47. The molecule has 8 nitrogen and oxygen atoms in total. The Morgan fingerprint density at radius 2 is 1.86 bits per heavy atom. The van der Waals surface area contributed by atoms with Crippen LogP contribution in [0.5, 0.6) is 5.75 Å². The highest BCUT2D eigenvalue weighted by Crippen LogP contribution is 2.31. The summed E-state index contributed by atoms with van der Waals surface area (Å²) in [4.78, 5) is 2.40. The number of aryl methyl sites for hydroxylation is 2. The van der Waals surface area contributed by atoms with Gasteiger partial charge in [-0.2, -0.15) is 0 Å². The molecular formula is C19H30N2O6S2. The van der Waals surface area contributed by atoms with E-state index in [1.165, 1.54) is 7.11 Å². The van der Waals surface area contributed by atoms with E-state index in [0.717, 1.165) is 19.6 Å². The summed E-state index contributed by atoms with van der Waals surface area (Å²) < 4.78 is 62.0. The van der Waals surface area contributed by atoms with Crippen molar-refractivity contribution in [1.29, 1.82) is 0 Å². The molecule has 0 bridgehead atoms. The van der Waals surface area contributed by atoms with Gasteiger partial charge in [-0.25, -0.2) is 16.8 Å². The number of benzene rings is 1. The van der Waals surface area contributed by atoms with Crippen LogP contribution >= 0.6 is 0 Å². The van der Waals surface area contributed by atoms with Gasteiger partial charge in [0, 0.05) is 32.2 Å². The Kier molecular flexibility index (Phi) is 6.89. The number of nitrogens with one attached hydrogen (secondary N) is 1. The molecule has 3 rings (SSSR count). The second kappa shape index (κ2) is 8.89. The predicted molar refractivity (Wildman–Crippen MR) is 111 cm³/mol. The highest BCUT2D eigenvalue weighted by molar-refractivity contribution is 7.96. The number of nitrogens with zero attached hydrogens (tertiary/aromatic N) is 1. The third-order valence-electron chi connectivity index (χ3n) is 5.64. The van der Waals surface area contributed by atoms with Crippen molar-refractivity contribution >= 4 is 19.7 Å². The van der Waals surface area contributed by atoms with Crippen LogP contribution in [0.25, 0.3) is 0 Å². The van der Waals surface area contributed by atoms with Crippen molar-refractivity contribution in [2.45, 2.75) is 30.0 Å². The Morgan fingerprint density at radius 3 is 2.52 bits per heavy atom. The molecule has 2 saturated heterocycles. The standard InChI is InChI=1S/C19H30N2O6S2/c1-14-11-18(15(2)10-17(14)26-3)29(24,25)19-13-28(22,23)12-16(19)20-4-5-21-6-8-27-9-7-21/h10-11,16,19-20H,4-9,12-13H2,1-3H3/t16-,19-/m0/s1. The number of sulfone groups is 2. The van der Waals surface area contributed by atoms with Gasteiger partial charge in [-0.15, -0.1) is 0 Å². The third-order valence-corrected chi connectivity index (χ3v) is 9.93. The largest absolute Gasteiger partial charge is 0.496 e. The van der Waals surface area contributed by atoms with E-state index in [1.54, 1.807) is 26.0 Å². The molecule has 0 aromatic heterocycles. The molecule has 2 fully saturated rings. The summed E-state index contributed by atoms with van der Waals surface area (Å²) in [6.07, 6.45) is 0. The predicted octanol–water partition coefficient (Wildman–Crippen LogP) is 0.173. The Bertz CT molecular complexity index is 940. The van der Waals surface area contributed by atoms with Gasteiger partial charge in [0.15, 0.2) is 19.7 Å². The van der Waals surface area contributed by atoms with Gasteiger partial charge in [0.05, 0.1) is 42.0 Å². The zero-order chi connectivity index (χ0) is 21.2. The van der Waals surface area contributed by atoms with Crippen LogP contribution < -0.4 is 10.1 Å². The fraction of sp³-hybridized carbons (Fsp3) is 0.684. The Labute approximate surface area is 173 Å². The van der Waals surface area contributed by atoms with Crippen LogP contribution in [0.2, 0.25) is 0 Å². The quantitative estimate of drug-likeness (QED) is 0.633. The van der Waals surface area contributed by atoms with E-state index in [9.17, 15) is 16.8 Å². The molecule has 0 saturated carbocycles. The Morgan fingerprint density at radius 1 is 1.17 bits per heavy atom. The second-order valence-electron chi connectivity index (χ2n) is 7.76. The SMILES string of the molecule is COc1cc(C)c(S(=O)(=O)[C@H]2CS(=O)(=O)C[C@@H]2NCCN2CCOCC2)cc1C. The van der Waals surface area contributed by atoms with E-state index in [4.69, 9.17) is 9.47 Å². The molecule has 2 aliphatic rings. The fourth-order valence-corrected chi connectivity index (χ4v) is 9.02. The van der Waals surface area contributed by atoms with Crippen molar-refractivity contribution in [3.63, 3.8) is 0 Å². The van der Waals surface area contributed by atoms with Crippen molar-refractivity contribution in [2.24, 2.45) is 0 Å². The molecule has 29 heavy (non-hydrogen) atoms. The lowest BCUT2D eigenvalue weighted by Gasteiger charge is -2.28. The summed E-state index contributed by atoms with van der Waals surface area (Å²) in [7, 11) is -5.71. The minimum Gasteiger partial charge on any atom is -0.496 e.